The van der Waals surface area contributed by atoms with Crippen LogP contribution in [-0.2, 0) is 9.53 Å². The Balaban J connectivity index is 2.06. The summed E-state index contributed by atoms with van der Waals surface area (Å²) in [4.78, 5) is 12.4. The van der Waals surface area contributed by atoms with Crippen LogP contribution in [0.15, 0.2) is 22.7 Å². The second kappa shape index (κ2) is 6.45. The molecule has 1 aliphatic heterocycles. The van der Waals surface area contributed by atoms with Crippen LogP contribution in [0.2, 0.25) is 0 Å². The molecule has 4 nitrogen and oxygen atoms in total. The molecule has 1 aromatic carbocycles. The number of anilines is 1. The van der Waals surface area contributed by atoms with Crippen molar-refractivity contribution < 1.29 is 9.53 Å². The van der Waals surface area contributed by atoms with Gasteiger partial charge < -0.3 is 15.8 Å². The minimum Gasteiger partial charge on any atom is -0.389 e. The summed E-state index contributed by atoms with van der Waals surface area (Å²) in [6.07, 6.45) is 1.54. The lowest BCUT2D eigenvalue weighted by Gasteiger charge is -2.21. The van der Waals surface area contributed by atoms with E-state index in [1.165, 1.54) is 0 Å². The maximum absolute atomic E-state index is 12.1. The quantitative estimate of drug-likeness (QED) is 0.828. The van der Waals surface area contributed by atoms with Crippen LogP contribution in [0, 0.1) is 5.92 Å². The molecule has 1 saturated heterocycles. The summed E-state index contributed by atoms with van der Waals surface area (Å²) in [6, 6.07) is 5.41. The summed E-state index contributed by atoms with van der Waals surface area (Å²) in [5.41, 5.74) is 7.06. The standard InChI is InChI=1S/C13H15BrN2O2S/c14-10-7-9(12(15)19)1-2-11(10)16-13(17)8-3-5-18-6-4-8/h1-2,7-8H,3-6H2,(H2,15,19)(H,16,17). The SMILES string of the molecule is NC(=S)c1ccc(NC(=O)C2CCOCC2)c(Br)c1. The fourth-order valence-corrected chi connectivity index (χ4v) is 2.57. The van der Waals surface area contributed by atoms with E-state index in [1.54, 1.807) is 12.1 Å². The Morgan fingerprint density at radius 2 is 2.11 bits per heavy atom. The number of amides is 1. The number of hydrogen-bond acceptors (Lipinski definition) is 3. The molecule has 0 saturated carbocycles. The average Bonchev–Trinajstić information content (AvgIpc) is 2.41. The first-order valence-electron chi connectivity index (χ1n) is 6.06. The maximum Gasteiger partial charge on any atom is 0.227 e. The van der Waals surface area contributed by atoms with Crippen LogP contribution >= 0.6 is 28.1 Å². The molecular weight excluding hydrogens is 328 g/mol. The molecule has 102 valence electrons. The molecule has 0 bridgehead atoms. The van der Waals surface area contributed by atoms with Gasteiger partial charge in [0.15, 0.2) is 0 Å². The van der Waals surface area contributed by atoms with E-state index in [0.717, 1.165) is 28.6 Å². The average molecular weight is 343 g/mol. The van der Waals surface area contributed by atoms with Crippen LogP contribution in [-0.4, -0.2) is 24.1 Å². The van der Waals surface area contributed by atoms with Gasteiger partial charge in [-0.15, -0.1) is 0 Å². The highest BCUT2D eigenvalue weighted by Crippen LogP contribution is 2.25. The molecule has 1 fully saturated rings. The van der Waals surface area contributed by atoms with Gasteiger partial charge in [0.2, 0.25) is 5.91 Å². The lowest BCUT2D eigenvalue weighted by molar-refractivity contribution is -0.122. The van der Waals surface area contributed by atoms with Gasteiger partial charge in [-0.25, -0.2) is 0 Å². The highest BCUT2D eigenvalue weighted by atomic mass is 79.9. The van der Waals surface area contributed by atoms with E-state index >= 15 is 0 Å². The van der Waals surface area contributed by atoms with E-state index in [9.17, 15) is 4.79 Å². The first-order chi connectivity index (χ1) is 9.08. The molecule has 1 heterocycles. The largest absolute Gasteiger partial charge is 0.389 e. The van der Waals surface area contributed by atoms with Crippen LogP contribution < -0.4 is 11.1 Å². The fraction of sp³-hybridized carbons (Fsp3) is 0.385. The van der Waals surface area contributed by atoms with Crippen molar-refractivity contribution in [3.05, 3.63) is 28.2 Å². The van der Waals surface area contributed by atoms with Crippen molar-refractivity contribution >= 4 is 44.7 Å². The van der Waals surface area contributed by atoms with E-state index in [2.05, 4.69) is 21.2 Å². The van der Waals surface area contributed by atoms with Crippen molar-refractivity contribution in [1.82, 2.24) is 0 Å². The zero-order valence-corrected chi connectivity index (χ0v) is 12.7. The van der Waals surface area contributed by atoms with Gasteiger partial charge in [0.1, 0.15) is 4.99 Å². The molecule has 0 atom stereocenters. The van der Waals surface area contributed by atoms with Gasteiger partial charge in [0.05, 0.1) is 5.69 Å². The number of ether oxygens (including phenoxy) is 1. The molecule has 0 spiro atoms. The first kappa shape index (κ1) is 14.4. The molecule has 1 amide bonds. The van der Waals surface area contributed by atoms with Gasteiger partial charge in [0.25, 0.3) is 0 Å². The van der Waals surface area contributed by atoms with E-state index in [-0.39, 0.29) is 11.8 Å². The zero-order chi connectivity index (χ0) is 13.8. The van der Waals surface area contributed by atoms with Gasteiger partial charge in [-0.3, -0.25) is 4.79 Å². The van der Waals surface area contributed by atoms with Crippen LogP contribution in [0.5, 0.6) is 0 Å². The number of halogens is 1. The van der Waals surface area contributed by atoms with E-state index in [1.807, 2.05) is 6.07 Å². The number of carbonyl (C=O) groups excluding carboxylic acids is 1. The number of nitrogens with two attached hydrogens (primary N) is 1. The molecule has 19 heavy (non-hydrogen) atoms. The topological polar surface area (TPSA) is 64.3 Å². The number of nitrogens with one attached hydrogen (secondary N) is 1. The second-order valence-corrected chi connectivity index (χ2v) is 5.73. The van der Waals surface area contributed by atoms with Crippen molar-refractivity contribution in [2.75, 3.05) is 18.5 Å². The Morgan fingerprint density at radius 3 is 2.68 bits per heavy atom. The summed E-state index contributed by atoms with van der Waals surface area (Å²) in [7, 11) is 0. The number of thiocarbonyl (C=S) groups is 1. The minimum atomic E-state index is 0.0240. The fourth-order valence-electron chi connectivity index (χ4n) is 1.96. The zero-order valence-electron chi connectivity index (χ0n) is 10.3. The summed E-state index contributed by atoms with van der Waals surface area (Å²) < 4.78 is 6.02. The highest BCUT2D eigenvalue weighted by molar-refractivity contribution is 9.10. The van der Waals surface area contributed by atoms with Crippen LogP contribution in [0.4, 0.5) is 5.69 Å². The second-order valence-electron chi connectivity index (χ2n) is 4.43. The third-order valence-electron chi connectivity index (χ3n) is 3.10. The molecule has 1 aliphatic rings. The van der Waals surface area contributed by atoms with Crippen LogP contribution in [0.25, 0.3) is 0 Å². The molecule has 0 aromatic heterocycles. The maximum atomic E-state index is 12.1. The van der Waals surface area contributed by atoms with Crippen molar-refractivity contribution in [3.8, 4) is 0 Å². The Morgan fingerprint density at radius 1 is 1.42 bits per heavy atom. The molecule has 2 rings (SSSR count). The van der Waals surface area contributed by atoms with Gasteiger partial charge in [-0.2, -0.15) is 0 Å². The third-order valence-corrected chi connectivity index (χ3v) is 4.00. The van der Waals surface area contributed by atoms with Crippen molar-refractivity contribution in [1.29, 1.82) is 0 Å². The molecule has 3 N–H and O–H groups in total. The Kier molecular flexibility index (Phi) is 4.90. The normalized spacial score (nSPS) is 16.1. The van der Waals surface area contributed by atoms with E-state index < -0.39 is 0 Å². The molecule has 0 radical (unpaired) electrons. The molecule has 0 unspecified atom stereocenters. The van der Waals surface area contributed by atoms with Gasteiger partial charge in [-0.05, 0) is 47.0 Å². The third kappa shape index (κ3) is 3.75. The molecular formula is C13H15BrN2O2S. The number of hydrogen-bond donors (Lipinski definition) is 2. The summed E-state index contributed by atoms with van der Waals surface area (Å²) in [5, 5.41) is 2.92. The first-order valence-corrected chi connectivity index (χ1v) is 7.26. The highest BCUT2D eigenvalue weighted by Gasteiger charge is 2.22. The molecule has 0 aliphatic carbocycles. The van der Waals surface area contributed by atoms with Crippen LogP contribution in [0.1, 0.15) is 18.4 Å². The molecule has 6 heteroatoms. The summed E-state index contributed by atoms with van der Waals surface area (Å²) in [6.45, 7) is 1.30. The Labute approximate surface area is 125 Å². The Hall–Kier alpha value is -0.980. The van der Waals surface area contributed by atoms with Crippen molar-refractivity contribution in [2.45, 2.75) is 12.8 Å². The lowest BCUT2D eigenvalue weighted by Crippen LogP contribution is -2.28. The smallest absolute Gasteiger partial charge is 0.227 e. The molecule has 1 aromatic rings. The van der Waals surface area contributed by atoms with E-state index in [0.29, 0.717) is 18.2 Å². The number of rotatable bonds is 3. The summed E-state index contributed by atoms with van der Waals surface area (Å²) >= 11 is 8.32. The minimum absolute atomic E-state index is 0.0240. The van der Waals surface area contributed by atoms with Crippen LogP contribution in [0.3, 0.4) is 0 Å². The number of benzene rings is 1. The Bertz CT molecular complexity index is 501. The van der Waals surface area contributed by atoms with Crippen molar-refractivity contribution in [3.63, 3.8) is 0 Å². The predicted octanol–water partition coefficient (Wildman–Crippen LogP) is 2.45. The van der Waals surface area contributed by atoms with E-state index in [4.69, 9.17) is 22.7 Å². The lowest BCUT2D eigenvalue weighted by atomic mass is 9.99. The van der Waals surface area contributed by atoms with Gasteiger partial charge in [0, 0.05) is 29.2 Å². The predicted molar refractivity (Wildman–Crippen MR) is 82.2 cm³/mol. The van der Waals surface area contributed by atoms with Gasteiger partial charge in [-0.1, -0.05) is 12.2 Å². The van der Waals surface area contributed by atoms with Crippen molar-refractivity contribution in [2.24, 2.45) is 11.7 Å². The summed E-state index contributed by atoms with van der Waals surface area (Å²) in [5.74, 6) is 0.0583. The number of carbonyl (C=O) groups is 1. The monoisotopic (exact) mass is 342 g/mol. The van der Waals surface area contributed by atoms with Gasteiger partial charge >= 0.3 is 0 Å².